The van der Waals surface area contributed by atoms with Crippen molar-refractivity contribution in [2.24, 2.45) is 0 Å². The predicted octanol–water partition coefficient (Wildman–Crippen LogP) is 3.96. The van der Waals surface area contributed by atoms with Gasteiger partial charge in [-0.3, -0.25) is 0 Å². The second-order valence-corrected chi connectivity index (χ2v) is 7.00. The first-order valence-corrected chi connectivity index (χ1v) is 8.31. The summed E-state index contributed by atoms with van der Waals surface area (Å²) in [4.78, 5) is 4.50. The number of para-hydroxylation sites is 1. The fourth-order valence-corrected chi connectivity index (χ4v) is 4.28. The first-order chi connectivity index (χ1) is 9.76. The van der Waals surface area contributed by atoms with Crippen LogP contribution in [0.5, 0.6) is 5.75 Å². The van der Waals surface area contributed by atoms with Gasteiger partial charge in [0.25, 0.3) is 0 Å². The summed E-state index contributed by atoms with van der Waals surface area (Å²) in [6.07, 6.45) is 0. The number of fused-ring (bicyclic) bond motifs is 1. The van der Waals surface area contributed by atoms with Crippen molar-refractivity contribution < 1.29 is 9.29 Å². The van der Waals surface area contributed by atoms with E-state index in [4.69, 9.17) is 4.74 Å². The molecule has 102 valence electrons. The van der Waals surface area contributed by atoms with Gasteiger partial charge >= 0.3 is 4.34 Å². The van der Waals surface area contributed by atoms with Crippen LogP contribution in [0.1, 0.15) is 5.56 Å². The van der Waals surface area contributed by atoms with Crippen molar-refractivity contribution in [3.05, 3.63) is 54.1 Å². The molecule has 1 aromatic heterocycles. The lowest BCUT2D eigenvalue weighted by molar-refractivity contribution is 0.414. The van der Waals surface area contributed by atoms with Crippen LogP contribution in [0, 0.1) is 0 Å². The monoisotopic (exact) mass is 304 g/mol. The summed E-state index contributed by atoms with van der Waals surface area (Å²) < 4.78 is 17.5. The molecule has 3 nitrogen and oxygen atoms in total. The van der Waals surface area contributed by atoms with Crippen LogP contribution in [-0.4, -0.2) is 16.6 Å². The summed E-state index contributed by atoms with van der Waals surface area (Å²) in [5.74, 6) is 1.38. The van der Waals surface area contributed by atoms with E-state index in [1.807, 2.05) is 48.5 Å². The first kappa shape index (κ1) is 13.4. The Morgan fingerprint density at radius 2 is 2.05 bits per heavy atom. The highest BCUT2D eigenvalue weighted by molar-refractivity contribution is 7.92. The quantitative estimate of drug-likeness (QED) is 0.742. The largest absolute Gasteiger partial charge is 0.497 e. The van der Waals surface area contributed by atoms with Gasteiger partial charge in [-0.15, -0.1) is 0 Å². The van der Waals surface area contributed by atoms with E-state index in [9.17, 15) is 4.55 Å². The third-order valence-corrected chi connectivity index (χ3v) is 5.67. The first-order valence-electron chi connectivity index (χ1n) is 6.15. The molecular formula is C15H14NO2S2+. The van der Waals surface area contributed by atoms with Crippen molar-refractivity contribution in [2.45, 2.75) is 10.1 Å². The molecule has 1 atom stereocenters. The molecule has 3 rings (SSSR count). The average molecular weight is 304 g/mol. The molecule has 0 fully saturated rings. The second kappa shape index (κ2) is 5.83. The van der Waals surface area contributed by atoms with Crippen molar-refractivity contribution in [1.82, 2.24) is 4.98 Å². The maximum atomic E-state index is 10.4. The fourth-order valence-electron chi connectivity index (χ4n) is 1.93. The molecule has 0 aliphatic heterocycles. The van der Waals surface area contributed by atoms with Gasteiger partial charge in [-0.25, -0.2) is 0 Å². The van der Waals surface area contributed by atoms with E-state index in [1.165, 1.54) is 0 Å². The summed E-state index contributed by atoms with van der Waals surface area (Å²) in [5, 5.41) is 0. The molecule has 2 aromatic carbocycles. The number of hydrogen-bond acceptors (Lipinski definition) is 4. The Kier molecular flexibility index (Phi) is 3.91. The molecule has 0 saturated carbocycles. The molecule has 1 unspecified atom stereocenters. The van der Waals surface area contributed by atoms with Crippen LogP contribution < -0.4 is 4.74 Å². The van der Waals surface area contributed by atoms with Crippen LogP contribution in [0.4, 0.5) is 0 Å². The number of aromatic nitrogens is 1. The topological polar surface area (TPSA) is 42.4 Å². The van der Waals surface area contributed by atoms with Crippen LogP contribution >= 0.6 is 11.3 Å². The standard InChI is InChI=1S/C15H14NO2S2/c1-18-12-6-4-5-11(9-12)10-20(17)15-16-13-7-2-3-8-14(13)19-15/h2-9,17H,10H2,1H3/q+1. The van der Waals surface area contributed by atoms with Gasteiger partial charge in [0.2, 0.25) is 11.2 Å². The Bertz CT molecular complexity index is 693. The lowest BCUT2D eigenvalue weighted by Gasteiger charge is -2.01. The molecule has 1 N–H and O–H groups in total. The Hall–Kier alpha value is -1.56. The van der Waals surface area contributed by atoms with Gasteiger partial charge < -0.3 is 4.74 Å². The Balaban J connectivity index is 1.82. The predicted molar refractivity (Wildman–Crippen MR) is 84.6 cm³/mol. The van der Waals surface area contributed by atoms with Crippen molar-refractivity contribution >= 4 is 32.7 Å². The van der Waals surface area contributed by atoms with E-state index in [0.29, 0.717) is 5.75 Å². The number of methoxy groups -OCH3 is 1. The summed E-state index contributed by atoms with van der Waals surface area (Å²) in [5.41, 5.74) is 2.00. The second-order valence-electron chi connectivity index (χ2n) is 4.31. The summed E-state index contributed by atoms with van der Waals surface area (Å²) in [6, 6.07) is 15.7. The summed E-state index contributed by atoms with van der Waals surface area (Å²) in [7, 11) is 1.64. The van der Waals surface area contributed by atoms with E-state index in [2.05, 4.69) is 4.98 Å². The number of hydrogen-bond donors (Lipinski definition) is 1. The molecule has 1 heterocycles. The van der Waals surface area contributed by atoms with E-state index >= 15 is 0 Å². The number of rotatable bonds is 4. The van der Waals surface area contributed by atoms with Gasteiger partial charge in [-0.1, -0.05) is 35.6 Å². The minimum Gasteiger partial charge on any atom is -0.497 e. The van der Waals surface area contributed by atoms with Gasteiger partial charge in [0.05, 0.1) is 17.3 Å². The highest BCUT2D eigenvalue weighted by atomic mass is 32.2. The smallest absolute Gasteiger partial charge is 0.340 e. The number of nitrogens with zero attached hydrogens (tertiary/aromatic N) is 1. The molecular weight excluding hydrogens is 290 g/mol. The molecule has 3 aromatic rings. The molecule has 5 heteroatoms. The van der Waals surface area contributed by atoms with Gasteiger partial charge in [0, 0.05) is 5.56 Å². The van der Waals surface area contributed by atoms with Crippen LogP contribution in [0.15, 0.2) is 52.9 Å². The normalized spacial score (nSPS) is 12.5. The average Bonchev–Trinajstić information content (AvgIpc) is 2.91. The number of ether oxygens (including phenoxy) is 1. The molecule has 0 amide bonds. The minimum absolute atomic E-state index is 0.566. The number of thiazole rings is 1. The van der Waals surface area contributed by atoms with Gasteiger partial charge in [0.1, 0.15) is 5.75 Å². The molecule has 0 bridgehead atoms. The highest BCUT2D eigenvalue weighted by Crippen LogP contribution is 2.28. The third kappa shape index (κ3) is 2.80. The van der Waals surface area contributed by atoms with Crippen LogP contribution in [0.25, 0.3) is 10.2 Å². The zero-order chi connectivity index (χ0) is 13.9. The zero-order valence-electron chi connectivity index (χ0n) is 10.9. The van der Waals surface area contributed by atoms with Crippen molar-refractivity contribution in [1.29, 1.82) is 0 Å². The molecule has 0 aliphatic rings. The van der Waals surface area contributed by atoms with E-state index in [-0.39, 0.29) is 0 Å². The number of benzene rings is 2. The summed E-state index contributed by atoms with van der Waals surface area (Å²) >= 11 is 0.679. The molecule has 0 spiro atoms. The molecule has 0 radical (unpaired) electrons. The Morgan fingerprint density at radius 1 is 1.20 bits per heavy atom. The summed E-state index contributed by atoms with van der Waals surface area (Å²) in [6.45, 7) is 0. The van der Waals surface area contributed by atoms with Gasteiger partial charge in [0.15, 0.2) is 5.75 Å². The lowest BCUT2D eigenvalue weighted by atomic mass is 10.2. The molecule has 0 aliphatic carbocycles. The van der Waals surface area contributed by atoms with Gasteiger partial charge in [-0.2, -0.15) is 9.54 Å². The van der Waals surface area contributed by atoms with Crippen LogP contribution in [0.2, 0.25) is 0 Å². The SMILES string of the molecule is COc1cccc(C[S+](O)c2nc3ccccc3s2)c1. The van der Waals surface area contributed by atoms with Crippen LogP contribution in [-0.2, 0) is 16.9 Å². The molecule has 0 saturated heterocycles. The fraction of sp³-hybridized carbons (Fsp3) is 0.133. The molecule has 20 heavy (non-hydrogen) atoms. The third-order valence-electron chi connectivity index (χ3n) is 2.91. The maximum absolute atomic E-state index is 10.4. The lowest BCUT2D eigenvalue weighted by Crippen LogP contribution is -2.04. The van der Waals surface area contributed by atoms with Gasteiger partial charge in [-0.05, 0) is 24.3 Å². The Labute approximate surface area is 124 Å². The van der Waals surface area contributed by atoms with E-state index in [1.54, 1.807) is 18.4 Å². The van der Waals surface area contributed by atoms with Crippen molar-refractivity contribution in [3.63, 3.8) is 0 Å². The minimum atomic E-state index is -0.875. The highest BCUT2D eigenvalue weighted by Gasteiger charge is 2.25. The maximum Gasteiger partial charge on any atom is 0.340 e. The zero-order valence-corrected chi connectivity index (χ0v) is 12.6. The Morgan fingerprint density at radius 3 is 2.85 bits per heavy atom. The van der Waals surface area contributed by atoms with E-state index < -0.39 is 11.2 Å². The van der Waals surface area contributed by atoms with Crippen molar-refractivity contribution in [2.75, 3.05) is 7.11 Å². The van der Waals surface area contributed by atoms with Crippen LogP contribution in [0.3, 0.4) is 0 Å². The van der Waals surface area contributed by atoms with Crippen molar-refractivity contribution in [3.8, 4) is 5.75 Å². The van der Waals surface area contributed by atoms with E-state index in [0.717, 1.165) is 25.9 Å².